The van der Waals surface area contributed by atoms with Crippen molar-refractivity contribution in [1.29, 1.82) is 0 Å². The highest BCUT2D eigenvalue weighted by Crippen LogP contribution is 2.18. The van der Waals surface area contributed by atoms with Crippen molar-refractivity contribution in [2.24, 2.45) is 9.98 Å². The summed E-state index contributed by atoms with van der Waals surface area (Å²) in [6, 6.07) is 0. The first kappa shape index (κ1) is 30.7. The summed E-state index contributed by atoms with van der Waals surface area (Å²) in [4.78, 5) is 32.3. The van der Waals surface area contributed by atoms with Crippen LogP contribution in [0.2, 0.25) is 0 Å². The van der Waals surface area contributed by atoms with Crippen LogP contribution in [0, 0.1) is 0 Å². The molecular formula is C24H30N8O3S3. The van der Waals surface area contributed by atoms with Gasteiger partial charge in [-0.2, -0.15) is 0 Å². The lowest BCUT2D eigenvalue weighted by Gasteiger charge is -2.01. The summed E-state index contributed by atoms with van der Waals surface area (Å²) < 4.78 is 12.5. The number of hydrogen-bond acceptors (Lipinski definition) is 11. The summed E-state index contributed by atoms with van der Waals surface area (Å²) in [6.45, 7) is 8.93. The van der Waals surface area contributed by atoms with Crippen molar-refractivity contribution in [3.63, 3.8) is 0 Å². The number of anilines is 2. The summed E-state index contributed by atoms with van der Waals surface area (Å²) in [5.74, 6) is 0.287. The third-order valence-electron chi connectivity index (χ3n) is 4.59. The van der Waals surface area contributed by atoms with E-state index in [1.165, 1.54) is 22.7 Å². The number of allylic oxidation sites excluding steroid dienone is 6. The van der Waals surface area contributed by atoms with Crippen LogP contribution < -0.4 is 10.6 Å². The molecule has 2 amide bonds. The molecule has 2 heterocycles. The first-order chi connectivity index (χ1) is 18.4. The van der Waals surface area contributed by atoms with Gasteiger partial charge in [0.15, 0.2) is 0 Å². The van der Waals surface area contributed by atoms with Gasteiger partial charge in [0.2, 0.25) is 22.1 Å². The minimum Gasteiger partial charge on any atom is -0.300 e. The number of aliphatic imine (C=N–C) groups is 2. The van der Waals surface area contributed by atoms with Crippen LogP contribution in [0.4, 0.5) is 10.3 Å². The molecule has 0 aliphatic carbocycles. The Balaban J connectivity index is 1.74. The monoisotopic (exact) mass is 574 g/mol. The minimum atomic E-state index is -1.11. The molecule has 0 fully saturated rings. The van der Waals surface area contributed by atoms with Gasteiger partial charge < -0.3 is 10.6 Å². The highest BCUT2D eigenvalue weighted by Gasteiger charge is 2.13. The predicted molar refractivity (Wildman–Crippen MR) is 157 cm³/mol. The van der Waals surface area contributed by atoms with Crippen LogP contribution in [0.15, 0.2) is 58.7 Å². The Bertz CT molecular complexity index is 1260. The van der Waals surface area contributed by atoms with Gasteiger partial charge in [0, 0.05) is 53.6 Å². The lowest BCUT2D eigenvalue weighted by atomic mass is 10.2. The van der Waals surface area contributed by atoms with Crippen molar-refractivity contribution in [2.75, 3.05) is 29.2 Å². The van der Waals surface area contributed by atoms with Crippen molar-refractivity contribution in [3.05, 3.63) is 58.7 Å². The second kappa shape index (κ2) is 17.1. The Morgan fingerprint density at radius 2 is 1.55 bits per heavy atom. The number of carbonyl (C=O) groups is 2. The van der Waals surface area contributed by atoms with E-state index in [2.05, 4.69) is 54.3 Å². The van der Waals surface area contributed by atoms with Gasteiger partial charge in [-0.15, -0.1) is 20.4 Å². The molecule has 14 heteroatoms. The average molecular weight is 575 g/mol. The Morgan fingerprint density at radius 1 is 0.974 bits per heavy atom. The largest absolute Gasteiger partial charge is 0.300 e. The van der Waals surface area contributed by atoms with Gasteiger partial charge in [0.25, 0.3) is 0 Å². The fraction of sp³-hybridized carbons (Fsp3) is 0.333. The van der Waals surface area contributed by atoms with Crippen LogP contribution in [0.25, 0.3) is 0 Å². The second-order valence-electron chi connectivity index (χ2n) is 7.45. The van der Waals surface area contributed by atoms with Crippen LogP contribution >= 0.6 is 22.7 Å². The molecule has 0 spiro atoms. The van der Waals surface area contributed by atoms with E-state index in [0.717, 1.165) is 0 Å². The minimum absolute atomic E-state index is 0.0743. The molecule has 0 aliphatic heterocycles. The number of carbonyl (C=O) groups excluding carboxylic acids is 2. The van der Waals surface area contributed by atoms with Crippen LogP contribution in [0.3, 0.4) is 0 Å². The number of nitrogens with one attached hydrogen (secondary N) is 2. The predicted octanol–water partition coefficient (Wildman–Crippen LogP) is 3.55. The summed E-state index contributed by atoms with van der Waals surface area (Å²) in [7, 11) is 0.505. The first-order valence-corrected chi connectivity index (χ1v) is 14.6. The molecule has 2 rings (SSSR count). The normalized spacial score (nSPS) is 13.1. The molecular weight excluding hydrogens is 545 g/mol. The third kappa shape index (κ3) is 11.7. The molecule has 1 unspecified atom stereocenters. The topological polar surface area (TPSA) is 152 Å². The van der Waals surface area contributed by atoms with Crippen molar-refractivity contribution >= 4 is 68.0 Å². The SMILES string of the molecule is C=C/C=C\C(CC(=O)Nc1nnc(CCS(=O)CCc2nnc(NC(=O)C/C(=C/C=C\C)N=C)s2)s1)=NC. The fourth-order valence-corrected chi connectivity index (χ4v) is 5.55. The summed E-state index contributed by atoms with van der Waals surface area (Å²) in [5, 5.41) is 23.6. The number of amides is 2. The zero-order valence-electron chi connectivity index (χ0n) is 21.3. The van der Waals surface area contributed by atoms with Crippen molar-refractivity contribution in [2.45, 2.75) is 32.6 Å². The van der Waals surface area contributed by atoms with Crippen LogP contribution in [0.1, 0.15) is 29.8 Å². The van der Waals surface area contributed by atoms with Gasteiger partial charge in [-0.1, -0.05) is 53.6 Å². The molecule has 11 nitrogen and oxygen atoms in total. The van der Waals surface area contributed by atoms with E-state index in [4.69, 9.17) is 0 Å². The molecule has 202 valence electrons. The number of rotatable bonds is 16. The van der Waals surface area contributed by atoms with Crippen LogP contribution in [-0.2, 0) is 33.2 Å². The van der Waals surface area contributed by atoms with Gasteiger partial charge in [0.1, 0.15) is 10.0 Å². The Labute approximate surface area is 232 Å². The standard InChI is InChI=1S/C24H30N8O3S3/c1-5-7-9-17(25-3)15-19(33)27-23-31-29-21(36-23)11-13-38(35)14-12-22-30-32-24(37-22)28-20(34)16-18(26-4)10-8-6-2/h5-10H,1,4,11-16H2,2-3H3,(H,27,31,33)(H,28,32,34)/b8-6-,9-7-,18-10-,25-17?. The molecule has 0 aliphatic rings. The van der Waals surface area contributed by atoms with E-state index in [-0.39, 0.29) is 24.7 Å². The lowest BCUT2D eigenvalue weighted by molar-refractivity contribution is -0.116. The third-order valence-corrected chi connectivity index (χ3v) is 7.71. The summed E-state index contributed by atoms with van der Waals surface area (Å²) >= 11 is 2.49. The van der Waals surface area contributed by atoms with E-state index >= 15 is 0 Å². The zero-order chi connectivity index (χ0) is 27.8. The molecule has 38 heavy (non-hydrogen) atoms. The zero-order valence-corrected chi connectivity index (χ0v) is 23.7. The first-order valence-electron chi connectivity index (χ1n) is 11.5. The van der Waals surface area contributed by atoms with Crippen molar-refractivity contribution < 1.29 is 13.8 Å². The van der Waals surface area contributed by atoms with Gasteiger partial charge in [-0.05, 0) is 25.8 Å². The van der Waals surface area contributed by atoms with Gasteiger partial charge in [-0.25, -0.2) is 0 Å². The second-order valence-corrected chi connectivity index (χ2v) is 11.3. The van der Waals surface area contributed by atoms with Gasteiger partial charge in [0.05, 0.1) is 12.8 Å². The van der Waals surface area contributed by atoms with E-state index in [0.29, 0.717) is 56.0 Å². The van der Waals surface area contributed by atoms with E-state index in [9.17, 15) is 13.8 Å². The van der Waals surface area contributed by atoms with Crippen LogP contribution in [-0.4, -0.2) is 67.4 Å². The quantitative estimate of drug-likeness (QED) is 0.230. The molecule has 0 aromatic carbocycles. The molecule has 2 N–H and O–H groups in total. The molecule has 1 atom stereocenters. The molecule has 0 saturated heterocycles. The van der Waals surface area contributed by atoms with Crippen LogP contribution in [0.5, 0.6) is 0 Å². The maximum absolute atomic E-state index is 12.5. The highest BCUT2D eigenvalue weighted by molar-refractivity contribution is 7.84. The molecule has 0 saturated carbocycles. The van der Waals surface area contributed by atoms with Gasteiger partial charge in [-0.3, -0.25) is 23.8 Å². The Kier molecular flexibility index (Phi) is 13.8. The lowest BCUT2D eigenvalue weighted by Crippen LogP contribution is -2.15. The number of hydrogen-bond donors (Lipinski definition) is 2. The fourth-order valence-electron chi connectivity index (χ4n) is 2.74. The van der Waals surface area contributed by atoms with E-state index in [1.54, 1.807) is 37.4 Å². The summed E-state index contributed by atoms with van der Waals surface area (Å²) in [6.07, 6.45) is 11.5. The molecule has 0 radical (unpaired) electrons. The average Bonchev–Trinajstić information content (AvgIpc) is 3.55. The van der Waals surface area contributed by atoms with E-state index in [1.807, 2.05) is 13.0 Å². The molecule has 0 bridgehead atoms. The number of aryl methyl sites for hydroxylation is 2. The van der Waals surface area contributed by atoms with Gasteiger partial charge >= 0.3 is 0 Å². The van der Waals surface area contributed by atoms with E-state index < -0.39 is 10.8 Å². The smallest absolute Gasteiger partial charge is 0.232 e. The van der Waals surface area contributed by atoms with Crippen molar-refractivity contribution in [1.82, 2.24) is 20.4 Å². The Hall–Kier alpha value is -3.49. The highest BCUT2D eigenvalue weighted by atomic mass is 32.2. The maximum Gasteiger partial charge on any atom is 0.232 e. The van der Waals surface area contributed by atoms with Crippen molar-refractivity contribution in [3.8, 4) is 0 Å². The number of aromatic nitrogens is 4. The Morgan fingerprint density at radius 3 is 2.05 bits per heavy atom. The number of nitrogens with zero attached hydrogens (tertiary/aromatic N) is 6. The summed E-state index contributed by atoms with van der Waals surface area (Å²) in [5.41, 5.74) is 1.16. The maximum atomic E-state index is 12.5. The molecule has 2 aromatic rings. The molecule has 2 aromatic heterocycles.